The van der Waals surface area contributed by atoms with Crippen molar-refractivity contribution in [1.82, 2.24) is 0 Å². The SMILES string of the molecule is COc1cc([C@H]2c3c(c4ccccc4oc3=O)O[C@H]2C(=O)Nc2ccccc2)cc(OC)c1O. The fraction of sp³-hybridized carbons (Fsp3) is 0.154. The van der Waals surface area contributed by atoms with Crippen LogP contribution in [0.15, 0.2) is 75.9 Å². The summed E-state index contributed by atoms with van der Waals surface area (Å²) >= 11 is 0. The second-order valence-corrected chi connectivity index (χ2v) is 7.77. The van der Waals surface area contributed by atoms with Gasteiger partial charge >= 0.3 is 5.63 Å². The number of amides is 1. The van der Waals surface area contributed by atoms with Crippen molar-refractivity contribution in [2.24, 2.45) is 0 Å². The van der Waals surface area contributed by atoms with Gasteiger partial charge in [-0.25, -0.2) is 4.79 Å². The third kappa shape index (κ3) is 3.49. The van der Waals surface area contributed by atoms with Crippen LogP contribution in [-0.2, 0) is 4.79 Å². The van der Waals surface area contributed by atoms with Gasteiger partial charge in [-0.05, 0) is 42.0 Å². The molecule has 2 N–H and O–H groups in total. The minimum atomic E-state index is -1.09. The van der Waals surface area contributed by atoms with Crippen molar-refractivity contribution >= 4 is 22.6 Å². The van der Waals surface area contributed by atoms with Crippen LogP contribution in [0.5, 0.6) is 23.0 Å². The molecule has 2 atom stereocenters. The van der Waals surface area contributed by atoms with E-state index < -0.39 is 23.6 Å². The first-order valence-corrected chi connectivity index (χ1v) is 10.5. The van der Waals surface area contributed by atoms with Crippen LogP contribution in [0.2, 0.25) is 0 Å². The molecule has 0 spiro atoms. The molecule has 172 valence electrons. The second-order valence-electron chi connectivity index (χ2n) is 7.77. The fourth-order valence-corrected chi connectivity index (χ4v) is 4.25. The molecule has 1 amide bonds. The molecular formula is C26H21NO7. The number of methoxy groups -OCH3 is 2. The molecule has 0 fully saturated rings. The van der Waals surface area contributed by atoms with Crippen molar-refractivity contribution in [3.63, 3.8) is 0 Å². The molecule has 0 saturated heterocycles. The lowest BCUT2D eigenvalue weighted by molar-refractivity contribution is -0.122. The summed E-state index contributed by atoms with van der Waals surface area (Å²) in [4.78, 5) is 26.5. The van der Waals surface area contributed by atoms with Gasteiger partial charge in [-0.15, -0.1) is 0 Å². The van der Waals surface area contributed by atoms with Crippen LogP contribution in [-0.4, -0.2) is 31.3 Å². The van der Waals surface area contributed by atoms with E-state index in [1.165, 1.54) is 14.2 Å². The standard InChI is InChI=1S/C26H21NO7/c1-31-18-12-14(13-19(32-2)22(18)28)20-21-23(16-10-6-7-11-17(16)33-26(21)30)34-24(20)25(29)27-15-8-4-3-5-9-15/h3-13,20,24,28H,1-2H3,(H,27,29)/t20-,24+/m0/s1. The van der Waals surface area contributed by atoms with Crippen LogP contribution in [0.3, 0.4) is 0 Å². The Hall–Kier alpha value is -4.46. The number of carbonyl (C=O) groups is 1. The normalized spacial score (nSPS) is 16.5. The van der Waals surface area contributed by atoms with E-state index in [0.717, 1.165) is 0 Å². The molecule has 0 saturated carbocycles. The van der Waals surface area contributed by atoms with Crippen molar-refractivity contribution in [1.29, 1.82) is 0 Å². The summed E-state index contributed by atoms with van der Waals surface area (Å²) in [5.74, 6) is -0.921. The number of rotatable bonds is 5. The first-order valence-electron chi connectivity index (χ1n) is 10.5. The fourth-order valence-electron chi connectivity index (χ4n) is 4.25. The number of nitrogens with one attached hydrogen (secondary N) is 1. The minimum absolute atomic E-state index is 0.134. The second kappa shape index (κ2) is 8.47. The summed E-state index contributed by atoms with van der Waals surface area (Å²) in [5, 5.41) is 13.8. The predicted octanol–water partition coefficient (Wildman–Crippen LogP) is 4.05. The van der Waals surface area contributed by atoms with E-state index in [-0.39, 0.29) is 28.6 Å². The molecule has 0 radical (unpaired) electrons. The van der Waals surface area contributed by atoms with Crippen molar-refractivity contribution in [2.45, 2.75) is 12.0 Å². The van der Waals surface area contributed by atoms with Gasteiger partial charge in [-0.3, -0.25) is 4.79 Å². The van der Waals surface area contributed by atoms with Crippen LogP contribution in [0.1, 0.15) is 17.0 Å². The summed E-state index contributed by atoms with van der Waals surface area (Å²) < 4.78 is 22.3. The Morgan fingerprint density at radius 2 is 1.62 bits per heavy atom. The number of para-hydroxylation sites is 2. The number of hydrogen-bond donors (Lipinski definition) is 2. The average Bonchev–Trinajstić information content (AvgIpc) is 3.27. The molecule has 1 aliphatic heterocycles. The number of phenolic OH excluding ortho intramolecular Hbond substituents is 1. The van der Waals surface area contributed by atoms with Crippen LogP contribution in [0, 0.1) is 0 Å². The average molecular weight is 459 g/mol. The van der Waals surface area contributed by atoms with E-state index in [9.17, 15) is 14.7 Å². The molecule has 3 aromatic carbocycles. The molecule has 34 heavy (non-hydrogen) atoms. The number of ether oxygens (including phenoxy) is 3. The van der Waals surface area contributed by atoms with E-state index in [0.29, 0.717) is 22.2 Å². The quantitative estimate of drug-likeness (QED) is 0.434. The predicted molar refractivity (Wildman–Crippen MR) is 125 cm³/mol. The zero-order valence-corrected chi connectivity index (χ0v) is 18.4. The van der Waals surface area contributed by atoms with E-state index in [1.54, 1.807) is 60.7 Å². The van der Waals surface area contributed by atoms with E-state index in [2.05, 4.69) is 5.32 Å². The first kappa shape index (κ1) is 21.4. The summed E-state index contributed by atoms with van der Waals surface area (Å²) in [5.41, 5.74) is 1.03. The van der Waals surface area contributed by atoms with Crippen molar-refractivity contribution in [2.75, 3.05) is 19.5 Å². The van der Waals surface area contributed by atoms with Gasteiger partial charge in [-0.2, -0.15) is 0 Å². The molecule has 0 unspecified atom stereocenters. The zero-order chi connectivity index (χ0) is 23.8. The van der Waals surface area contributed by atoms with Gasteiger partial charge in [0.15, 0.2) is 17.6 Å². The molecule has 0 aliphatic carbocycles. The molecule has 2 heterocycles. The lowest BCUT2D eigenvalue weighted by Gasteiger charge is -2.20. The maximum atomic E-state index is 13.4. The molecule has 1 aromatic heterocycles. The van der Waals surface area contributed by atoms with Gasteiger partial charge in [0.05, 0.1) is 31.1 Å². The van der Waals surface area contributed by atoms with Gasteiger partial charge in [0, 0.05) is 5.69 Å². The van der Waals surface area contributed by atoms with E-state index >= 15 is 0 Å². The molecular weight excluding hydrogens is 438 g/mol. The summed E-state index contributed by atoms with van der Waals surface area (Å²) in [6.07, 6.45) is -1.09. The van der Waals surface area contributed by atoms with Gasteiger partial charge < -0.3 is 29.1 Å². The van der Waals surface area contributed by atoms with Crippen LogP contribution in [0.25, 0.3) is 11.0 Å². The lowest BCUT2D eigenvalue weighted by atomic mass is 9.87. The Bertz CT molecular complexity index is 1420. The first-order chi connectivity index (χ1) is 16.5. The minimum Gasteiger partial charge on any atom is -0.502 e. The molecule has 8 heteroatoms. The topological polar surface area (TPSA) is 107 Å². The van der Waals surface area contributed by atoms with Gasteiger partial charge in [-0.1, -0.05) is 30.3 Å². The third-order valence-corrected chi connectivity index (χ3v) is 5.82. The Balaban J connectivity index is 1.70. The van der Waals surface area contributed by atoms with E-state index in [4.69, 9.17) is 18.6 Å². The monoisotopic (exact) mass is 459 g/mol. The summed E-state index contributed by atoms with van der Waals surface area (Å²) in [6.45, 7) is 0. The highest BCUT2D eigenvalue weighted by atomic mass is 16.5. The highest BCUT2D eigenvalue weighted by molar-refractivity contribution is 5.97. The Kier molecular flexibility index (Phi) is 5.33. The number of carbonyl (C=O) groups excluding carboxylic acids is 1. The number of fused-ring (bicyclic) bond motifs is 3. The zero-order valence-electron chi connectivity index (χ0n) is 18.4. The van der Waals surface area contributed by atoms with Crippen molar-refractivity contribution < 1.29 is 28.5 Å². The Morgan fingerprint density at radius 3 is 2.29 bits per heavy atom. The van der Waals surface area contributed by atoms with Crippen LogP contribution < -0.4 is 25.2 Å². The number of anilines is 1. The molecule has 5 rings (SSSR count). The smallest absolute Gasteiger partial charge is 0.344 e. The van der Waals surface area contributed by atoms with Crippen LogP contribution in [0.4, 0.5) is 5.69 Å². The maximum absolute atomic E-state index is 13.4. The number of benzene rings is 3. The van der Waals surface area contributed by atoms with Crippen molar-refractivity contribution in [3.8, 4) is 23.0 Å². The maximum Gasteiger partial charge on any atom is 0.344 e. The number of phenols is 1. The lowest BCUT2D eigenvalue weighted by Crippen LogP contribution is -2.35. The Morgan fingerprint density at radius 1 is 0.971 bits per heavy atom. The van der Waals surface area contributed by atoms with Gasteiger partial charge in [0.1, 0.15) is 11.3 Å². The molecule has 4 aromatic rings. The molecule has 8 nitrogen and oxygen atoms in total. The van der Waals surface area contributed by atoms with Crippen LogP contribution >= 0.6 is 0 Å². The summed E-state index contributed by atoms with van der Waals surface area (Å²) in [6, 6.07) is 19.0. The largest absolute Gasteiger partial charge is 0.502 e. The van der Waals surface area contributed by atoms with Crippen molar-refractivity contribution in [3.05, 3.63) is 88.3 Å². The number of hydrogen-bond acceptors (Lipinski definition) is 7. The highest BCUT2D eigenvalue weighted by Gasteiger charge is 2.44. The molecule has 1 aliphatic rings. The van der Waals surface area contributed by atoms with E-state index in [1.807, 2.05) is 6.07 Å². The highest BCUT2D eigenvalue weighted by Crippen LogP contribution is 2.48. The molecule has 0 bridgehead atoms. The number of aromatic hydroxyl groups is 1. The van der Waals surface area contributed by atoms with Gasteiger partial charge in [0.25, 0.3) is 5.91 Å². The Labute approximate surface area is 194 Å². The third-order valence-electron chi connectivity index (χ3n) is 5.82. The van der Waals surface area contributed by atoms with Gasteiger partial charge in [0.2, 0.25) is 5.75 Å². The summed E-state index contributed by atoms with van der Waals surface area (Å²) in [7, 11) is 2.80.